The number of carboxylic acid groups (broad SMARTS) is 1. The smallest absolute Gasteiger partial charge is 0.335 e. The molecule has 84 valence electrons. The van der Waals surface area contributed by atoms with Crippen LogP contribution in [0.25, 0.3) is 0 Å². The second-order valence-electron chi connectivity index (χ2n) is 3.19. The fourth-order valence-corrected chi connectivity index (χ4v) is 1.67. The third-order valence-corrected chi connectivity index (χ3v) is 2.50. The first-order valence-electron chi connectivity index (χ1n) is 4.81. The van der Waals surface area contributed by atoms with E-state index in [-0.39, 0.29) is 5.56 Å². The number of halogens is 1. The van der Waals surface area contributed by atoms with Crippen LogP contribution in [0.15, 0.2) is 18.2 Å². The molecule has 0 saturated carbocycles. The van der Waals surface area contributed by atoms with E-state index in [2.05, 4.69) is 5.92 Å². The van der Waals surface area contributed by atoms with Crippen molar-refractivity contribution in [1.29, 1.82) is 0 Å². The number of rotatable bonds is 4. The fraction of sp³-hybridized carbons (Fsp3) is 0.250. The molecule has 1 aromatic carbocycles. The molecular formula is C12H12ClNO2. The van der Waals surface area contributed by atoms with Crippen LogP contribution in [0.3, 0.4) is 0 Å². The molecule has 0 aliphatic carbocycles. The predicted octanol–water partition coefficient (Wildman–Crippen LogP) is 2.50. The highest BCUT2D eigenvalue weighted by Gasteiger charge is 2.10. The van der Waals surface area contributed by atoms with Gasteiger partial charge in [0.15, 0.2) is 0 Å². The van der Waals surface area contributed by atoms with Crippen molar-refractivity contribution >= 4 is 23.3 Å². The van der Waals surface area contributed by atoms with E-state index in [9.17, 15) is 4.79 Å². The molecule has 0 atom stereocenters. The summed E-state index contributed by atoms with van der Waals surface area (Å²) in [6, 6.07) is 4.62. The first-order chi connectivity index (χ1) is 7.60. The number of anilines is 1. The molecule has 0 aromatic heterocycles. The quantitative estimate of drug-likeness (QED) is 0.818. The van der Waals surface area contributed by atoms with E-state index >= 15 is 0 Å². The van der Waals surface area contributed by atoms with Crippen molar-refractivity contribution in [2.24, 2.45) is 0 Å². The van der Waals surface area contributed by atoms with Crippen LogP contribution >= 0.6 is 11.6 Å². The molecule has 4 heteroatoms. The van der Waals surface area contributed by atoms with Crippen molar-refractivity contribution < 1.29 is 9.90 Å². The largest absolute Gasteiger partial charge is 0.478 e. The maximum Gasteiger partial charge on any atom is 0.335 e. The molecule has 0 unspecified atom stereocenters. The number of carboxylic acids is 1. The van der Waals surface area contributed by atoms with Gasteiger partial charge in [-0.25, -0.2) is 4.79 Å². The third kappa shape index (κ3) is 2.68. The average Bonchev–Trinajstić information content (AvgIpc) is 2.26. The Morgan fingerprint density at radius 3 is 2.75 bits per heavy atom. The maximum absolute atomic E-state index is 10.7. The molecule has 16 heavy (non-hydrogen) atoms. The van der Waals surface area contributed by atoms with Gasteiger partial charge in [0.2, 0.25) is 0 Å². The molecule has 0 aliphatic heterocycles. The lowest BCUT2D eigenvalue weighted by atomic mass is 10.2. The number of aromatic carboxylic acids is 1. The first kappa shape index (κ1) is 12.4. The predicted molar refractivity (Wildman–Crippen MR) is 65.1 cm³/mol. The van der Waals surface area contributed by atoms with E-state index in [1.807, 2.05) is 11.8 Å². The fourth-order valence-electron chi connectivity index (χ4n) is 1.37. The summed E-state index contributed by atoms with van der Waals surface area (Å²) in [5.41, 5.74) is 0.928. The number of nitrogens with zero attached hydrogens (tertiary/aromatic N) is 1. The number of hydrogen-bond donors (Lipinski definition) is 1. The Morgan fingerprint density at radius 1 is 1.62 bits per heavy atom. The Kier molecular flexibility index (Phi) is 4.21. The van der Waals surface area contributed by atoms with E-state index in [1.54, 1.807) is 6.07 Å². The van der Waals surface area contributed by atoms with Gasteiger partial charge in [0, 0.05) is 6.54 Å². The van der Waals surface area contributed by atoms with E-state index in [4.69, 9.17) is 23.1 Å². The topological polar surface area (TPSA) is 40.5 Å². The van der Waals surface area contributed by atoms with E-state index in [1.165, 1.54) is 12.1 Å². The lowest BCUT2D eigenvalue weighted by Crippen LogP contribution is -2.23. The molecule has 0 spiro atoms. The van der Waals surface area contributed by atoms with Gasteiger partial charge in [-0.05, 0) is 25.1 Å². The zero-order valence-corrected chi connectivity index (χ0v) is 9.66. The van der Waals surface area contributed by atoms with E-state index in [0.29, 0.717) is 11.6 Å². The monoisotopic (exact) mass is 237 g/mol. The Labute approximate surface area is 99.6 Å². The van der Waals surface area contributed by atoms with Crippen LogP contribution in [0.5, 0.6) is 0 Å². The van der Waals surface area contributed by atoms with Gasteiger partial charge in [-0.1, -0.05) is 17.5 Å². The zero-order chi connectivity index (χ0) is 12.1. The van der Waals surface area contributed by atoms with Crippen LogP contribution in [0.2, 0.25) is 5.02 Å². The molecule has 0 heterocycles. The SMILES string of the molecule is C#CCN(CC)c1ccc(C(=O)O)cc1Cl. The summed E-state index contributed by atoms with van der Waals surface area (Å²) in [5.74, 6) is 1.54. The Balaban J connectivity index is 3.07. The van der Waals surface area contributed by atoms with Crippen LogP contribution in [0, 0.1) is 12.3 Å². The van der Waals surface area contributed by atoms with Gasteiger partial charge in [-0.3, -0.25) is 0 Å². The number of terminal acetylenes is 1. The van der Waals surface area contributed by atoms with Gasteiger partial charge in [0.25, 0.3) is 0 Å². The average molecular weight is 238 g/mol. The molecule has 1 aromatic rings. The highest BCUT2D eigenvalue weighted by molar-refractivity contribution is 6.33. The van der Waals surface area contributed by atoms with Crippen molar-refractivity contribution in [3.05, 3.63) is 28.8 Å². The third-order valence-electron chi connectivity index (χ3n) is 2.20. The summed E-state index contributed by atoms with van der Waals surface area (Å²) >= 11 is 6.01. The molecule has 0 saturated heterocycles. The second kappa shape index (κ2) is 5.43. The molecular weight excluding hydrogens is 226 g/mol. The van der Waals surface area contributed by atoms with Crippen LogP contribution in [0.1, 0.15) is 17.3 Å². The van der Waals surface area contributed by atoms with Crippen LogP contribution in [-0.4, -0.2) is 24.2 Å². The van der Waals surface area contributed by atoms with Gasteiger partial charge < -0.3 is 10.0 Å². The van der Waals surface area contributed by atoms with Gasteiger partial charge in [0.05, 0.1) is 22.8 Å². The minimum atomic E-state index is -0.992. The molecule has 0 fully saturated rings. The van der Waals surface area contributed by atoms with Crippen LogP contribution in [0.4, 0.5) is 5.69 Å². The summed E-state index contributed by atoms with van der Waals surface area (Å²) in [6.45, 7) is 3.12. The Bertz CT molecular complexity index is 437. The lowest BCUT2D eigenvalue weighted by Gasteiger charge is -2.21. The minimum absolute atomic E-state index is 0.172. The number of hydrogen-bond acceptors (Lipinski definition) is 2. The second-order valence-corrected chi connectivity index (χ2v) is 3.60. The van der Waals surface area contributed by atoms with Crippen molar-refractivity contribution in [1.82, 2.24) is 0 Å². The van der Waals surface area contributed by atoms with E-state index in [0.717, 1.165) is 12.2 Å². The highest BCUT2D eigenvalue weighted by atomic mass is 35.5. The minimum Gasteiger partial charge on any atom is -0.478 e. The lowest BCUT2D eigenvalue weighted by molar-refractivity contribution is 0.0697. The highest BCUT2D eigenvalue weighted by Crippen LogP contribution is 2.26. The molecule has 1 N–H and O–H groups in total. The molecule has 3 nitrogen and oxygen atoms in total. The Morgan fingerprint density at radius 2 is 2.31 bits per heavy atom. The molecule has 0 aliphatic rings. The van der Waals surface area contributed by atoms with Gasteiger partial charge >= 0.3 is 5.97 Å². The summed E-state index contributed by atoms with van der Waals surface area (Å²) in [4.78, 5) is 12.6. The summed E-state index contributed by atoms with van der Waals surface area (Å²) in [6.07, 6.45) is 5.24. The normalized spacial score (nSPS) is 9.56. The van der Waals surface area contributed by atoms with Gasteiger partial charge in [-0.15, -0.1) is 6.42 Å². The molecule has 0 bridgehead atoms. The maximum atomic E-state index is 10.7. The number of carbonyl (C=O) groups is 1. The zero-order valence-electron chi connectivity index (χ0n) is 8.90. The molecule has 0 radical (unpaired) electrons. The van der Waals surface area contributed by atoms with Gasteiger partial charge in [0.1, 0.15) is 0 Å². The van der Waals surface area contributed by atoms with Crippen molar-refractivity contribution in [2.45, 2.75) is 6.92 Å². The van der Waals surface area contributed by atoms with Crippen LogP contribution in [-0.2, 0) is 0 Å². The summed E-state index contributed by atoms with van der Waals surface area (Å²) in [5, 5.41) is 9.19. The van der Waals surface area contributed by atoms with Crippen molar-refractivity contribution in [2.75, 3.05) is 18.0 Å². The first-order valence-corrected chi connectivity index (χ1v) is 5.19. The Hall–Kier alpha value is -1.66. The van der Waals surface area contributed by atoms with E-state index < -0.39 is 5.97 Å². The van der Waals surface area contributed by atoms with Gasteiger partial charge in [-0.2, -0.15) is 0 Å². The standard InChI is InChI=1S/C12H12ClNO2/c1-3-7-14(4-2)11-6-5-9(12(15)16)8-10(11)13/h1,5-6,8H,4,7H2,2H3,(H,15,16). The van der Waals surface area contributed by atoms with Crippen LogP contribution < -0.4 is 4.90 Å². The van der Waals surface area contributed by atoms with Crippen molar-refractivity contribution in [3.63, 3.8) is 0 Å². The number of benzene rings is 1. The summed E-state index contributed by atoms with van der Waals surface area (Å²) < 4.78 is 0. The molecule has 0 amide bonds. The molecule has 1 rings (SSSR count). The van der Waals surface area contributed by atoms with Crippen molar-refractivity contribution in [3.8, 4) is 12.3 Å². The summed E-state index contributed by atoms with van der Waals surface area (Å²) in [7, 11) is 0.